The summed E-state index contributed by atoms with van der Waals surface area (Å²) < 4.78 is 5.18. The first-order valence-electron chi connectivity index (χ1n) is 8.91. The van der Waals surface area contributed by atoms with Gasteiger partial charge in [-0.25, -0.2) is 4.98 Å². The Morgan fingerprint density at radius 3 is 2.46 bits per heavy atom. The van der Waals surface area contributed by atoms with Crippen LogP contribution in [0.5, 0.6) is 5.75 Å². The molecule has 0 N–H and O–H groups in total. The molecule has 1 aromatic heterocycles. The first kappa shape index (κ1) is 18.2. The molecule has 1 amide bonds. The molecule has 2 aromatic rings. The molecule has 0 atom stereocenters. The lowest BCUT2D eigenvalue weighted by Crippen LogP contribution is -2.51. The molecular formula is C20H26N4O2. The van der Waals surface area contributed by atoms with Crippen molar-refractivity contribution in [2.75, 3.05) is 51.8 Å². The molecular weight excluding hydrogens is 328 g/mol. The first-order valence-corrected chi connectivity index (χ1v) is 8.91. The van der Waals surface area contributed by atoms with Crippen LogP contribution in [0.2, 0.25) is 0 Å². The van der Waals surface area contributed by atoms with E-state index in [0.717, 1.165) is 44.3 Å². The molecule has 0 radical (unpaired) electrons. The summed E-state index contributed by atoms with van der Waals surface area (Å²) in [6, 6.07) is 13.9. The zero-order valence-electron chi connectivity index (χ0n) is 15.5. The number of piperazine rings is 1. The fraction of sp³-hybridized carbons (Fsp3) is 0.400. The predicted molar refractivity (Wildman–Crippen MR) is 102 cm³/mol. The maximum atomic E-state index is 12.6. The lowest BCUT2D eigenvalue weighted by Gasteiger charge is -2.36. The summed E-state index contributed by atoms with van der Waals surface area (Å²) in [5.74, 6) is 2.01. The van der Waals surface area contributed by atoms with Crippen LogP contribution >= 0.6 is 0 Å². The number of hydrogen-bond acceptors (Lipinski definition) is 5. The second kappa shape index (κ2) is 8.67. The van der Waals surface area contributed by atoms with Gasteiger partial charge in [-0.3, -0.25) is 9.69 Å². The molecule has 6 nitrogen and oxygen atoms in total. The quantitative estimate of drug-likeness (QED) is 0.793. The SMILES string of the molecule is COc1ccc(CN(C)CC(=O)N2CCN(c3ccccn3)CC2)cc1. The minimum absolute atomic E-state index is 0.182. The third-order valence-corrected chi connectivity index (χ3v) is 4.62. The van der Waals surface area contributed by atoms with Gasteiger partial charge in [0.2, 0.25) is 5.91 Å². The Balaban J connectivity index is 1.46. The number of anilines is 1. The van der Waals surface area contributed by atoms with E-state index in [1.165, 1.54) is 5.56 Å². The Morgan fingerprint density at radius 1 is 1.12 bits per heavy atom. The summed E-state index contributed by atoms with van der Waals surface area (Å²) in [4.78, 5) is 23.2. The van der Waals surface area contributed by atoms with E-state index in [4.69, 9.17) is 4.74 Å². The van der Waals surface area contributed by atoms with Gasteiger partial charge in [0.15, 0.2) is 0 Å². The van der Waals surface area contributed by atoms with Gasteiger partial charge in [0, 0.05) is 38.9 Å². The minimum Gasteiger partial charge on any atom is -0.497 e. The van der Waals surface area contributed by atoms with Gasteiger partial charge in [-0.2, -0.15) is 0 Å². The van der Waals surface area contributed by atoms with Crippen molar-refractivity contribution in [2.45, 2.75) is 6.54 Å². The lowest BCUT2D eigenvalue weighted by atomic mass is 10.2. The number of carbonyl (C=O) groups is 1. The standard InChI is InChI=1S/C20H26N4O2/c1-22(15-17-6-8-18(26-2)9-7-17)16-20(25)24-13-11-23(12-14-24)19-5-3-4-10-21-19/h3-10H,11-16H2,1-2H3. The second-order valence-corrected chi connectivity index (χ2v) is 6.58. The smallest absolute Gasteiger partial charge is 0.236 e. The zero-order chi connectivity index (χ0) is 18.4. The third-order valence-electron chi connectivity index (χ3n) is 4.62. The Labute approximate surface area is 155 Å². The Morgan fingerprint density at radius 2 is 1.85 bits per heavy atom. The fourth-order valence-electron chi connectivity index (χ4n) is 3.16. The summed E-state index contributed by atoms with van der Waals surface area (Å²) in [6.07, 6.45) is 1.81. The predicted octanol–water partition coefficient (Wildman–Crippen LogP) is 1.87. The topological polar surface area (TPSA) is 48.9 Å². The van der Waals surface area contributed by atoms with Crippen LogP contribution in [0.15, 0.2) is 48.7 Å². The van der Waals surface area contributed by atoms with Crippen LogP contribution < -0.4 is 9.64 Å². The molecule has 0 spiro atoms. The van der Waals surface area contributed by atoms with Crippen molar-refractivity contribution in [1.82, 2.24) is 14.8 Å². The Kier molecular flexibility index (Phi) is 6.07. The van der Waals surface area contributed by atoms with E-state index >= 15 is 0 Å². The van der Waals surface area contributed by atoms with Crippen LogP contribution in [-0.2, 0) is 11.3 Å². The third kappa shape index (κ3) is 4.73. The van der Waals surface area contributed by atoms with Gasteiger partial charge in [0.05, 0.1) is 13.7 Å². The van der Waals surface area contributed by atoms with Gasteiger partial charge in [-0.15, -0.1) is 0 Å². The molecule has 1 fully saturated rings. The molecule has 6 heteroatoms. The largest absolute Gasteiger partial charge is 0.497 e. The molecule has 0 saturated carbocycles. The van der Waals surface area contributed by atoms with Gasteiger partial charge in [-0.05, 0) is 36.9 Å². The van der Waals surface area contributed by atoms with Crippen molar-refractivity contribution >= 4 is 11.7 Å². The second-order valence-electron chi connectivity index (χ2n) is 6.58. The van der Waals surface area contributed by atoms with E-state index in [2.05, 4.69) is 14.8 Å². The molecule has 0 aliphatic carbocycles. The van der Waals surface area contributed by atoms with Crippen molar-refractivity contribution in [2.24, 2.45) is 0 Å². The zero-order valence-corrected chi connectivity index (χ0v) is 15.5. The molecule has 1 aliphatic rings. The Hall–Kier alpha value is -2.60. The molecule has 3 rings (SSSR count). The number of ether oxygens (including phenoxy) is 1. The lowest BCUT2D eigenvalue weighted by molar-refractivity contribution is -0.132. The number of methoxy groups -OCH3 is 1. The van der Waals surface area contributed by atoms with E-state index in [0.29, 0.717) is 6.54 Å². The van der Waals surface area contributed by atoms with Crippen LogP contribution in [0.4, 0.5) is 5.82 Å². The van der Waals surface area contributed by atoms with E-state index in [1.807, 2.05) is 54.4 Å². The first-order chi connectivity index (χ1) is 12.7. The summed E-state index contributed by atoms with van der Waals surface area (Å²) in [6.45, 7) is 4.30. The van der Waals surface area contributed by atoms with Gasteiger partial charge in [0.25, 0.3) is 0 Å². The number of benzene rings is 1. The number of hydrogen-bond donors (Lipinski definition) is 0. The van der Waals surface area contributed by atoms with Crippen molar-refractivity contribution in [3.8, 4) is 5.75 Å². The fourth-order valence-corrected chi connectivity index (χ4v) is 3.16. The monoisotopic (exact) mass is 354 g/mol. The normalized spacial score (nSPS) is 14.6. The molecule has 0 bridgehead atoms. The van der Waals surface area contributed by atoms with E-state index in [9.17, 15) is 4.79 Å². The summed E-state index contributed by atoms with van der Waals surface area (Å²) >= 11 is 0. The van der Waals surface area contributed by atoms with Crippen LogP contribution in [0.1, 0.15) is 5.56 Å². The maximum Gasteiger partial charge on any atom is 0.236 e. The number of amides is 1. The van der Waals surface area contributed by atoms with Crippen molar-refractivity contribution in [1.29, 1.82) is 0 Å². The molecule has 0 unspecified atom stereocenters. The van der Waals surface area contributed by atoms with Gasteiger partial charge < -0.3 is 14.5 Å². The molecule has 1 aliphatic heterocycles. The summed E-state index contributed by atoms with van der Waals surface area (Å²) in [7, 11) is 3.64. The minimum atomic E-state index is 0.182. The van der Waals surface area contributed by atoms with Crippen molar-refractivity contribution in [3.05, 3.63) is 54.2 Å². The maximum absolute atomic E-state index is 12.6. The van der Waals surface area contributed by atoms with Crippen molar-refractivity contribution < 1.29 is 9.53 Å². The van der Waals surface area contributed by atoms with Crippen LogP contribution in [0.25, 0.3) is 0 Å². The highest BCUT2D eigenvalue weighted by molar-refractivity contribution is 5.78. The molecule has 26 heavy (non-hydrogen) atoms. The number of aromatic nitrogens is 1. The highest BCUT2D eigenvalue weighted by Gasteiger charge is 2.22. The molecule has 1 aromatic carbocycles. The van der Waals surface area contributed by atoms with E-state index < -0.39 is 0 Å². The highest BCUT2D eigenvalue weighted by Crippen LogP contribution is 2.14. The van der Waals surface area contributed by atoms with E-state index in [1.54, 1.807) is 13.3 Å². The van der Waals surface area contributed by atoms with Crippen LogP contribution in [-0.4, -0.2) is 67.6 Å². The number of rotatable bonds is 6. The van der Waals surface area contributed by atoms with Gasteiger partial charge in [0.1, 0.15) is 11.6 Å². The highest BCUT2D eigenvalue weighted by atomic mass is 16.5. The molecule has 138 valence electrons. The molecule has 2 heterocycles. The molecule has 1 saturated heterocycles. The number of carbonyl (C=O) groups excluding carboxylic acids is 1. The van der Waals surface area contributed by atoms with Gasteiger partial charge in [-0.1, -0.05) is 18.2 Å². The number of nitrogens with zero attached hydrogens (tertiary/aromatic N) is 4. The number of pyridine rings is 1. The van der Waals surface area contributed by atoms with Crippen LogP contribution in [0, 0.1) is 0 Å². The van der Waals surface area contributed by atoms with Crippen LogP contribution in [0.3, 0.4) is 0 Å². The summed E-state index contributed by atoms with van der Waals surface area (Å²) in [5, 5.41) is 0. The average molecular weight is 354 g/mol. The van der Waals surface area contributed by atoms with E-state index in [-0.39, 0.29) is 5.91 Å². The van der Waals surface area contributed by atoms with Crippen molar-refractivity contribution in [3.63, 3.8) is 0 Å². The Bertz CT molecular complexity index is 698. The average Bonchev–Trinajstić information content (AvgIpc) is 2.69. The van der Waals surface area contributed by atoms with Gasteiger partial charge >= 0.3 is 0 Å². The summed E-state index contributed by atoms with van der Waals surface area (Å²) in [5.41, 5.74) is 1.17. The number of likely N-dealkylation sites (N-methyl/N-ethyl adjacent to an activating group) is 1.